The Morgan fingerprint density at radius 2 is 1.83 bits per heavy atom. The molecule has 0 aliphatic carbocycles. The highest BCUT2D eigenvalue weighted by atomic mass is 127. The van der Waals surface area contributed by atoms with E-state index in [2.05, 4.69) is 20.4 Å². The molecule has 2 aromatic rings. The quantitative estimate of drug-likeness (QED) is 0.280. The van der Waals surface area contributed by atoms with Gasteiger partial charge in [0.05, 0.1) is 13.7 Å². The van der Waals surface area contributed by atoms with Crippen molar-refractivity contribution >= 4 is 29.9 Å². The third-order valence-corrected chi connectivity index (χ3v) is 3.89. The van der Waals surface area contributed by atoms with Crippen LogP contribution in [-0.2, 0) is 19.7 Å². The Bertz CT molecular complexity index is 823. The molecule has 0 atom stereocenters. The van der Waals surface area contributed by atoms with E-state index in [-0.39, 0.29) is 41.8 Å². The zero-order chi connectivity index (χ0) is 20.5. The molecule has 29 heavy (non-hydrogen) atoms. The van der Waals surface area contributed by atoms with E-state index in [1.807, 2.05) is 0 Å². The van der Waals surface area contributed by atoms with Gasteiger partial charge in [0, 0.05) is 31.3 Å². The predicted octanol–water partition coefficient (Wildman–Crippen LogP) is 3.41. The normalized spacial score (nSPS) is 11.1. The van der Waals surface area contributed by atoms with Crippen LogP contribution in [0.1, 0.15) is 16.7 Å². The first-order chi connectivity index (χ1) is 13.5. The van der Waals surface area contributed by atoms with Gasteiger partial charge in [-0.15, -0.1) is 24.0 Å². The van der Waals surface area contributed by atoms with Crippen molar-refractivity contribution in [1.82, 2.24) is 10.6 Å². The Labute approximate surface area is 184 Å². The van der Waals surface area contributed by atoms with Crippen LogP contribution >= 0.6 is 24.0 Å². The maximum atomic E-state index is 13.4. The molecule has 0 fully saturated rings. The second-order valence-electron chi connectivity index (χ2n) is 5.72. The Balaban J connectivity index is 0.00000420. The molecule has 2 rings (SSSR count). The fourth-order valence-corrected chi connectivity index (χ4v) is 2.48. The minimum absolute atomic E-state index is 0. The minimum Gasteiger partial charge on any atom is -0.497 e. The molecule has 6 nitrogen and oxygen atoms in total. The molecule has 0 aliphatic heterocycles. The first kappa shape index (κ1) is 24.8. The highest BCUT2D eigenvalue weighted by molar-refractivity contribution is 14.0. The predicted molar refractivity (Wildman–Crippen MR) is 114 cm³/mol. The van der Waals surface area contributed by atoms with Crippen molar-refractivity contribution in [3.8, 4) is 11.5 Å². The summed E-state index contributed by atoms with van der Waals surface area (Å²) in [5.74, 6) is 0.466. The van der Waals surface area contributed by atoms with Gasteiger partial charge < -0.3 is 25.2 Å². The lowest BCUT2D eigenvalue weighted by atomic mass is 10.1. The van der Waals surface area contributed by atoms with Gasteiger partial charge in [0.1, 0.15) is 17.3 Å². The van der Waals surface area contributed by atoms with Gasteiger partial charge in [-0.3, -0.25) is 4.99 Å². The fraction of sp³-hybridized carbons (Fsp3) is 0.316. The molecule has 0 aromatic heterocycles. The Morgan fingerprint density at radius 3 is 2.45 bits per heavy atom. The lowest BCUT2D eigenvalue weighted by Crippen LogP contribution is -2.36. The van der Waals surface area contributed by atoms with Crippen molar-refractivity contribution in [3.63, 3.8) is 0 Å². The van der Waals surface area contributed by atoms with E-state index < -0.39 is 19.0 Å². The summed E-state index contributed by atoms with van der Waals surface area (Å²) in [6, 6.07) is 8.95. The van der Waals surface area contributed by atoms with Crippen LogP contribution in [0, 0.1) is 5.82 Å². The van der Waals surface area contributed by atoms with Crippen molar-refractivity contribution in [2.24, 2.45) is 4.99 Å². The molecule has 3 N–H and O–H groups in total. The molecule has 0 radical (unpaired) electrons. The van der Waals surface area contributed by atoms with E-state index in [4.69, 9.17) is 9.84 Å². The van der Waals surface area contributed by atoms with E-state index in [0.717, 1.165) is 5.56 Å². The van der Waals surface area contributed by atoms with E-state index in [1.165, 1.54) is 25.3 Å². The molecular formula is C19H23F3IN3O3. The maximum absolute atomic E-state index is 13.4. The average Bonchev–Trinajstić information content (AvgIpc) is 2.69. The Morgan fingerprint density at radius 1 is 1.10 bits per heavy atom. The number of aliphatic hydroxyl groups excluding tert-OH is 1. The van der Waals surface area contributed by atoms with Crippen LogP contribution in [0.5, 0.6) is 11.5 Å². The zero-order valence-electron chi connectivity index (χ0n) is 15.9. The lowest BCUT2D eigenvalue weighted by Gasteiger charge is -2.15. The van der Waals surface area contributed by atoms with Gasteiger partial charge in [-0.05, 0) is 35.9 Å². The van der Waals surface area contributed by atoms with Gasteiger partial charge in [0.25, 0.3) is 0 Å². The summed E-state index contributed by atoms with van der Waals surface area (Å²) in [5.41, 5.74) is 1.41. The number of aliphatic imine (C=N–C) groups is 1. The van der Waals surface area contributed by atoms with Crippen LogP contribution < -0.4 is 20.1 Å². The first-order valence-electron chi connectivity index (χ1n) is 8.41. The van der Waals surface area contributed by atoms with Crippen LogP contribution in [0.15, 0.2) is 41.4 Å². The Hall–Kier alpha value is -2.21. The first-order valence-corrected chi connectivity index (χ1v) is 8.41. The van der Waals surface area contributed by atoms with Gasteiger partial charge in [-0.25, -0.2) is 4.39 Å². The topological polar surface area (TPSA) is 75.1 Å². The summed E-state index contributed by atoms with van der Waals surface area (Å²) in [6.07, 6.45) is 0. The van der Waals surface area contributed by atoms with Crippen LogP contribution in [-0.4, -0.2) is 31.8 Å². The number of hydrogen-bond donors (Lipinski definition) is 3. The van der Waals surface area contributed by atoms with Gasteiger partial charge in [-0.1, -0.05) is 6.07 Å². The molecule has 0 heterocycles. The molecule has 10 heteroatoms. The summed E-state index contributed by atoms with van der Waals surface area (Å²) in [5, 5.41) is 15.2. The number of alkyl halides is 2. The molecule has 0 bridgehead atoms. The van der Waals surface area contributed by atoms with E-state index in [1.54, 1.807) is 25.2 Å². The number of ether oxygens (including phenoxy) is 2. The van der Waals surface area contributed by atoms with Gasteiger partial charge >= 0.3 is 6.61 Å². The summed E-state index contributed by atoms with van der Waals surface area (Å²) in [6.45, 7) is -2.85. The second-order valence-corrected chi connectivity index (χ2v) is 5.72. The Kier molecular flexibility index (Phi) is 10.6. The number of halogens is 4. The summed E-state index contributed by atoms with van der Waals surface area (Å²) in [7, 11) is 3.03. The molecule has 0 unspecified atom stereocenters. The molecule has 0 amide bonds. The molecule has 0 saturated carbocycles. The number of nitrogens with one attached hydrogen (secondary N) is 2. The number of benzene rings is 2. The van der Waals surface area contributed by atoms with Crippen molar-refractivity contribution in [3.05, 3.63) is 58.9 Å². The SMILES string of the molecule is CN=C(NCc1ccc(F)c(CO)c1)NCc1cc(OC)ccc1OC(F)F.I. The monoisotopic (exact) mass is 525 g/mol. The van der Waals surface area contributed by atoms with Crippen molar-refractivity contribution in [2.45, 2.75) is 26.3 Å². The van der Waals surface area contributed by atoms with Crippen molar-refractivity contribution in [1.29, 1.82) is 0 Å². The van der Waals surface area contributed by atoms with E-state index >= 15 is 0 Å². The summed E-state index contributed by atoms with van der Waals surface area (Å²) >= 11 is 0. The van der Waals surface area contributed by atoms with Crippen LogP contribution in [0.2, 0.25) is 0 Å². The average molecular weight is 525 g/mol. The highest BCUT2D eigenvalue weighted by Crippen LogP contribution is 2.25. The van der Waals surface area contributed by atoms with E-state index in [9.17, 15) is 13.2 Å². The number of guanidine groups is 1. The number of rotatable bonds is 8. The van der Waals surface area contributed by atoms with E-state index in [0.29, 0.717) is 23.8 Å². The number of nitrogens with zero attached hydrogens (tertiary/aromatic N) is 1. The summed E-state index contributed by atoms with van der Waals surface area (Å²) < 4.78 is 48.3. The lowest BCUT2D eigenvalue weighted by molar-refractivity contribution is -0.0505. The number of methoxy groups -OCH3 is 1. The second kappa shape index (κ2) is 12.4. The molecular weight excluding hydrogens is 502 g/mol. The minimum atomic E-state index is -2.94. The fourth-order valence-electron chi connectivity index (χ4n) is 2.48. The van der Waals surface area contributed by atoms with Gasteiger partial charge in [0.15, 0.2) is 5.96 Å². The standard InChI is InChI=1S/C19H22F3N3O3.HI/c1-23-19(24-9-12-3-5-16(20)14(7-12)11-26)25-10-13-8-15(27-2)4-6-17(13)28-18(21)22;/h3-8,18,26H,9-11H2,1-2H3,(H2,23,24,25);1H. The third-order valence-electron chi connectivity index (χ3n) is 3.89. The molecule has 160 valence electrons. The van der Waals surface area contributed by atoms with Gasteiger partial charge in [-0.2, -0.15) is 8.78 Å². The third kappa shape index (κ3) is 7.61. The smallest absolute Gasteiger partial charge is 0.387 e. The zero-order valence-corrected chi connectivity index (χ0v) is 18.2. The highest BCUT2D eigenvalue weighted by Gasteiger charge is 2.12. The van der Waals surface area contributed by atoms with Crippen LogP contribution in [0.3, 0.4) is 0 Å². The van der Waals surface area contributed by atoms with Gasteiger partial charge in [0.2, 0.25) is 0 Å². The number of aliphatic hydroxyl groups is 1. The van der Waals surface area contributed by atoms with Crippen molar-refractivity contribution in [2.75, 3.05) is 14.2 Å². The van der Waals surface area contributed by atoms with Crippen LogP contribution in [0.4, 0.5) is 13.2 Å². The number of hydrogen-bond acceptors (Lipinski definition) is 4. The molecule has 0 saturated heterocycles. The molecule has 0 aliphatic rings. The molecule has 2 aromatic carbocycles. The van der Waals surface area contributed by atoms with Crippen LogP contribution in [0.25, 0.3) is 0 Å². The summed E-state index contributed by atoms with van der Waals surface area (Å²) in [4.78, 5) is 4.06. The maximum Gasteiger partial charge on any atom is 0.387 e. The molecule has 0 spiro atoms. The van der Waals surface area contributed by atoms with Crippen molar-refractivity contribution < 1.29 is 27.8 Å². The largest absolute Gasteiger partial charge is 0.497 e.